The predicted octanol–water partition coefficient (Wildman–Crippen LogP) is -0.151. The Balaban J connectivity index is 2.01. The first kappa shape index (κ1) is 14.0. The van der Waals surface area contributed by atoms with Crippen LogP contribution in [0.2, 0.25) is 0 Å². The molecular formula is C12H16N4O4. The number of nitrogens with one attached hydrogen (secondary N) is 2. The predicted molar refractivity (Wildman–Crippen MR) is 68.3 cm³/mol. The van der Waals surface area contributed by atoms with Crippen molar-refractivity contribution >= 4 is 17.8 Å². The van der Waals surface area contributed by atoms with Gasteiger partial charge in [-0.2, -0.15) is 0 Å². The summed E-state index contributed by atoms with van der Waals surface area (Å²) in [5, 5.41) is 11.4. The molecule has 2 rings (SSSR count). The number of hydrogen-bond acceptors (Lipinski definition) is 4. The SMILES string of the molecule is CC(NC(=O)c1nc[nH]c1C(=O)O)C(=O)N1CCCC1. The van der Waals surface area contributed by atoms with E-state index in [1.165, 1.54) is 0 Å². The molecule has 1 saturated heterocycles. The van der Waals surface area contributed by atoms with Crippen LogP contribution in [0.3, 0.4) is 0 Å². The summed E-state index contributed by atoms with van der Waals surface area (Å²) in [4.78, 5) is 42.6. The van der Waals surface area contributed by atoms with E-state index in [1.54, 1.807) is 11.8 Å². The lowest BCUT2D eigenvalue weighted by atomic mass is 10.2. The number of imidazole rings is 1. The number of rotatable bonds is 4. The maximum atomic E-state index is 12.0. The van der Waals surface area contributed by atoms with Crippen LogP contribution in [0, 0.1) is 0 Å². The molecule has 1 fully saturated rings. The number of aromatic carboxylic acids is 1. The Morgan fingerprint density at radius 1 is 1.40 bits per heavy atom. The molecule has 20 heavy (non-hydrogen) atoms. The molecule has 0 aliphatic carbocycles. The molecule has 2 heterocycles. The van der Waals surface area contributed by atoms with E-state index in [-0.39, 0.29) is 17.3 Å². The Morgan fingerprint density at radius 3 is 2.65 bits per heavy atom. The Hall–Kier alpha value is -2.38. The molecule has 1 aromatic rings. The molecule has 8 heteroatoms. The molecule has 1 unspecified atom stereocenters. The highest BCUT2D eigenvalue weighted by Crippen LogP contribution is 2.09. The zero-order valence-electron chi connectivity index (χ0n) is 11.0. The molecular weight excluding hydrogens is 264 g/mol. The molecule has 0 saturated carbocycles. The Bertz CT molecular complexity index is 533. The zero-order valence-corrected chi connectivity index (χ0v) is 11.0. The van der Waals surface area contributed by atoms with Crippen molar-refractivity contribution in [1.29, 1.82) is 0 Å². The summed E-state index contributed by atoms with van der Waals surface area (Å²) >= 11 is 0. The highest BCUT2D eigenvalue weighted by atomic mass is 16.4. The molecule has 2 amide bonds. The maximum Gasteiger partial charge on any atom is 0.354 e. The van der Waals surface area contributed by atoms with Crippen LogP contribution >= 0.6 is 0 Å². The fourth-order valence-electron chi connectivity index (χ4n) is 2.17. The summed E-state index contributed by atoms with van der Waals surface area (Å²) in [6.45, 7) is 2.97. The fourth-order valence-corrected chi connectivity index (χ4v) is 2.17. The van der Waals surface area contributed by atoms with Crippen molar-refractivity contribution in [1.82, 2.24) is 20.2 Å². The van der Waals surface area contributed by atoms with Gasteiger partial charge in [0.05, 0.1) is 6.33 Å². The molecule has 1 aliphatic rings. The first-order valence-electron chi connectivity index (χ1n) is 6.37. The van der Waals surface area contributed by atoms with Gasteiger partial charge in [0.1, 0.15) is 6.04 Å². The van der Waals surface area contributed by atoms with E-state index in [9.17, 15) is 14.4 Å². The molecule has 1 aliphatic heterocycles. The van der Waals surface area contributed by atoms with Gasteiger partial charge in [0, 0.05) is 13.1 Å². The van der Waals surface area contributed by atoms with Crippen LogP contribution in [0.15, 0.2) is 6.33 Å². The summed E-state index contributed by atoms with van der Waals surface area (Å²) in [6.07, 6.45) is 3.06. The van der Waals surface area contributed by atoms with Crippen molar-refractivity contribution < 1.29 is 19.5 Å². The van der Waals surface area contributed by atoms with Crippen LogP contribution < -0.4 is 5.32 Å². The van der Waals surface area contributed by atoms with Crippen molar-refractivity contribution in [2.75, 3.05) is 13.1 Å². The van der Waals surface area contributed by atoms with Crippen LogP contribution in [0.1, 0.15) is 40.7 Å². The number of hydrogen-bond donors (Lipinski definition) is 3. The minimum Gasteiger partial charge on any atom is -0.477 e. The third kappa shape index (κ3) is 2.79. The molecule has 1 aromatic heterocycles. The maximum absolute atomic E-state index is 12.0. The number of aromatic amines is 1. The van der Waals surface area contributed by atoms with Crippen molar-refractivity contribution in [3.8, 4) is 0 Å². The number of carboxylic acid groups (broad SMARTS) is 1. The fraction of sp³-hybridized carbons (Fsp3) is 0.500. The molecule has 108 valence electrons. The summed E-state index contributed by atoms with van der Waals surface area (Å²) in [7, 11) is 0. The van der Waals surface area contributed by atoms with Crippen LogP contribution in [0.5, 0.6) is 0 Å². The number of likely N-dealkylation sites (tertiary alicyclic amines) is 1. The number of H-pyrrole nitrogens is 1. The third-order valence-electron chi connectivity index (χ3n) is 3.20. The smallest absolute Gasteiger partial charge is 0.354 e. The molecule has 0 radical (unpaired) electrons. The van der Waals surface area contributed by atoms with E-state index >= 15 is 0 Å². The average Bonchev–Trinajstić information content (AvgIpc) is 3.08. The first-order chi connectivity index (χ1) is 9.50. The number of aromatic nitrogens is 2. The van der Waals surface area contributed by atoms with Gasteiger partial charge in [-0.05, 0) is 19.8 Å². The summed E-state index contributed by atoms with van der Waals surface area (Å²) in [6, 6.07) is -0.709. The van der Waals surface area contributed by atoms with Gasteiger partial charge in [-0.3, -0.25) is 9.59 Å². The van der Waals surface area contributed by atoms with Crippen molar-refractivity contribution in [3.05, 3.63) is 17.7 Å². The highest BCUT2D eigenvalue weighted by molar-refractivity contribution is 6.03. The third-order valence-corrected chi connectivity index (χ3v) is 3.20. The van der Waals surface area contributed by atoms with Crippen molar-refractivity contribution in [2.45, 2.75) is 25.8 Å². The number of nitrogens with zero attached hydrogens (tertiary/aromatic N) is 2. The standard InChI is InChI=1S/C12H16N4O4/c1-7(11(18)16-4-2-3-5-16)15-10(17)8-9(12(19)20)14-6-13-8/h6-7H,2-5H2,1H3,(H,13,14)(H,15,17)(H,19,20). The van der Waals surface area contributed by atoms with Gasteiger partial charge in [-0.1, -0.05) is 0 Å². The van der Waals surface area contributed by atoms with Crippen molar-refractivity contribution in [2.24, 2.45) is 0 Å². The summed E-state index contributed by atoms with van der Waals surface area (Å²) in [5.41, 5.74) is -0.512. The van der Waals surface area contributed by atoms with E-state index < -0.39 is 17.9 Å². The van der Waals surface area contributed by atoms with Crippen LogP contribution in [-0.4, -0.2) is 56.9 Å². The topological polar surface area (TPSA) is 115 Å². The van der Waals surface area contributed by atoms with E-state index in [0.717, 1.165) is 19.2 Å². The summed E-state index contributed by atoms with van der Waals surface area (Å²) in [5.74, 6) is -2.11. The lowest BCUT2D eigenvalue weighted by Gasteiger charge is -2.20. The zero-order chi connectivity index (χ0) is 14.7. The Morgan fingerprint density at radius 2 is 2.05 bits per heavy atom. The number of carbonyl (C=O) groups is 3. The minimum atomic E-state index is -1.27. The van der Waals surface area contributed by atoms with E-state index in [0.29, 0.717) is 13.1 Å². The van der Waals surface area contributed by atoms with Gasteiger partial charge in [-0.15, -0.1) is 0 Å². The lowest BCUT2D eigenvalue weighted by Crippen LogP contribution is -2.46. The number of amides is 2. The van der Waals surface area contributed by atoms with E-state index in [1.807, 2.05) is 0 Å². The number of carboxylic acids is 1. The molecule has 1 atom stereocenters. The molecule has 0 spiro atoms. The molecule has 0 bridgehead atoms. The second kappa shape index (κ2) is 5.72. The van der Waals surface area contributed by atoms with Gasteiger partial charge in [0.15, 0.2) is 11.4 Å². The van der Waals surface area contributed by atoms with Crippen molar-refractivity contribution in [3.63, 3.8) is 0 Å². The van der Waals surface area contributed by atoms with Gasteiger partial charge in [-0.25, -0.2) is 9.78 Å². The lowest BCUT2D eigenvalue weighted by molar-refractivity contribution is -0.131. The van der Waals surface area contributed by atoms with Gasteiger partial charge < -0.3 is 20.3 Å². The van der Waals surface area contributed by atoms with E-state index in [4.69, 9.17) is 5.11 Å². The molecule has 0 aromatic carbocycles. The highest BCUT2D eigenvalue weighted by Gasteiger charge is 2.27. The summed E-state index contributed by atoms with van der Waals surface area (Å²) < 4.78 is 0. The molecule has 3 N–H and O–H groups in total. The van der Waals surface area contributed by atoms with Crippen LogP contribution in [-0.2, 0) is 4.79 Å². The quantitative estimate of drug-likeness (QED) is 0.709. The monoisotopic (exact) mass is 280 g/mol. The first-order valence-corrected chi connectivity index (χ1v) is 6.37. The largest absolute Gasteiger partial charge is 0.477 e. The second-order valence-electron chi connectivity index (χ2n) is 4.66. The minimum absolute atomic E-state index is 0.164. The number of carbonyl (C=O) groups excluding carboxylic acids is 2. The van der Waals surface area contributed by atoms with Gasteiger partial charge in [0.2, 0.25) is 5.91 Å². The Labute approximate surface area is 115 Å². The second-order valence-corrected chi connectivity index (χ2v) is 4.66. The van der Waals surface area contributed by atoms with E-state index in [2.05, 4.69) is 15.3 Å². The normalized spacial score (nSPS) is 15.9. The van der Waals surface area contributed by atoms with Crippen LogP contribution in [0.4, 0.5) is 0 Å². The van der Waals surface area contributed by atoms with Crippen LogP contribution in [0.25, 0.3) is 0 Å². The van der Waals surface area contributed by atoms with Gasteiger partial charge in [0.25, 0.3) is 5.91 Å². The van der Waals surface area contributed by atoms with Gasteiger partial charge >= 0.3 is 5.97 Å². The Kier molecular flexibility index (Phi) is 4.02. The average molecular weight is 280 g/mol. The molecule has 8 nitrogen and oxygen atoms in total.